The Hall–Kier alpha value is -4.99. The SMILES string of the molecule is CC(C)(C=C(C#N)C(=O)N1CCCC1Cn1c(=O)n(-c2ccc(Oc3ccccc3)cc2)c2c(N)ncnc21)N1CCC(O)CC1. The van der Waals surface area contributed by atoms with Gasteiger partial charge in [0.05, 0.1) is 17.8 Å². The van der Waals surface area contributed by atoms with Gasteiger partial charge in [0.1, 0.15) is 35.0 Å². The Labute approximate surface area is 267 Å². The third-order valence-corrected chi connectivity index (χ3v) is 8.97. The van der Waals surface area contributed by atoms with E-state index in [0.717, 1.165) is 6.42 Å². The zero-order chi connectivity index (χ0) is 32.4. The van der Waals surface area contributed by atoms with Gasteiger partial charge in [-0.2, -0.15) is 5.26 Å². The molecule has 0 saturated carbocycles. The highest BCUT2D eigenvalue weighted by atomic mass is 16.5. The molecule has 6 rings (SSSR count). The molecule has 0 aliphatic carbocycles. The van der Waals surface area contributed by atoms with Crippen molar-refractivity contribution in [2.45, 2.75) is 63.8 Å². The highest BCUT2D eigenvalue weighted by molar-refractivity contribution is 5.97. The third kappa shape index (κ3) is 6.11. The number of fused-ring (bicyclic) bond motifs is 1. The molecule has 4 heterocycles. The molecule has 1 atom stereocenters. The van der Waals surface area contributed by atoms with Crippen molar-refractivity contribution in [3.63, 3.8) is 0 Å². The predicted molar refractivity (Wildman–Crippen MR) is 173 cm³/mol. The number of para-hydroxylation sites is 1. The van der Waals surface area contributed by atoms with E-state index in [1.165, 1.54) is 15.5 Å². The lowest BCUT2D eigenvalue weighted by Gasteiger charge is -2.40. The van der Waals surface area contributed by atoms with Crippen LogP contribution in [0.25, 0.3) is 16.9 Å². The normalized spacial score (nSPS) is 18.2. The minimum atomic E-state index is -0.545. The fourth-order valence-electron chi connectivity index (χ4n) is 6.48. The van der Waals surface area contributed by atoms with Gasteiger partial charge < -0.3 is 20.5 Å². The van der Waals surface area contributed by atoms with Crippen molar-refractivity contribution < 1.29 is 14.6 Å². The lowest BCUT2D eigenvalue weighted by Crippen LogP contribution is -2.48. The lowest BCUT2D eigenvalue weighted by atomic mass is 9.94. The molecule has 1 amide bonds. The second-order valence-electron chi connectivity index (χ2n) is 12.4. The molecule has 2 aromatic heterocycles. The molecule has 46 heavy (non-hydrogen) atoms. The van der Waals surface area contributed by atoms with Crippen molar-refractivity contribution in [1.82, 2.24) is 28.9 Å². The maximum atomic E-state index is 14.0. The highest BCUT2D eigenvalue weighted by Gasteiger charge is 2.35. The smallest absolute Gasteiger partial charge is 0.335 e. The van der Waals surface area contributed by atoms with Crippen molar-refractivity contribution in [2.24, 2.45) is 0 Å². The molecular weight excluding hydrogens is 584 g/mol. The number of carbonyl (C=O) groups excluding carboxylic acids is 1. The van der Waals surface area contributed by atoms with Crippen LogP contribution < -0.4 is 16.2 Å². The van der Waals surface area contributed by atoms with Crippen LogP contribution in [0.4, 0.5) is 5.82 Å². The van der Waals surface area contributed by atoms with Crippen LogP contribution in [0.15, 0.2) is 77.4 Å². The summed E-state index contributed by atoms with van der Waals surface area (Å²) in [6.07, 6.45) is 5.47. The van der Waals surface area contributed by atoms with Gasteiger partial charge in [-0.15, -0.1) is 0 Å². The Morgan fingerprint density at radius 3 is 2.46 bits per heavy atom. The number of amides is 1. The van der Waals surface area contributed by atoms with Gasteiger partial charge in [-0.05, 0) is 82.0 Å². The first-order valence-electron chi connectivity index (χ1n) is 15.6. The first-order valence-corrected chi connectivity index (χ1v) is 15.6. The van der Waals surface area contributed by atoms with Crippen LogP contribution in [0, 0.1) is 11.3 Å². The molecule has 2 saturated heterocycles. The first-order chi connectivity index (χ1) is 22.2. The summed E-state index contributed by atoms with van der Waals surface area (Å²) < 4.78 is 8.94. The number of nitrogens with zero attached hydrogens (tertiary/aromatic N) is 7. The Balaban J connectivity index is 1.28. The summed E-state index contributed by atoms with van der Waals surface area (Å²) in [5.41, 5.74) is 6.78. The molecule has 0 bridgehead atoms. The number of aromatic nitrogens is 4. The average Bonchev–Trinajstić information content (AvgIpc) is 3.63. The van der Waals surface area contributed by atoms with Crippen LogP contribution in [-0.4, -0.2) is 77.2 Å². The van der Waals surface area contributed by atoms with Crippen LogP contribution in [0.3, 0.4) is 0 Å². The molecule has 238 valence electrons. The Morgan fingerprint density at radius 2 is 1.76 bits per heavy atom. The number of aliphatic hydroxyl groups excluding tert-OH is 1. The van der Waals surface area contributed by atoms with Crippen molar-refractivity contribution in [1.29, 1.82) is 5.26 Å². The number of nitrogens with two attached hydrogens (primary N) is 1. The summed E-state index contributed by atoms with van der Waals surface area (Å²) in [6, 6.07) is 18.3. The molecule has 2 aromatic carbocycles. The van der Waals surface area contributed by atoms with E-state index in [0.29, 0.717) is 67.2 Å². The van der Waals surface area contributed by atoms with Gasteiger partial charge >= 0.3 is 5.69 Å². The number of hydrogen-bond donors (Lipinski definition) is 2. The number of anilines is 1. The Bertz CT molecular complexity index is 1850. The number of nitriles is 1. The van der Waals surface area contributed by atoms with E-state index < -0.39 is 5.54 Å². The molecule has 0 radical (unpaired) electrons. The van der Waals surface area contributed by atoms with Gasteiger partial charge in [-0.1, -0.05) is 18.2 Å². The fourth-order valence-corrected chi connectivity index (χ4v) is 6.48. The quantitative estimate of drug-likeness (QED) is 0.221. The van der Waals surface area contributed by atoms with Crippen molar-refractivity contribution in [3.8, 4) is 23.3 Å². The van der Waals surface area contributed by atoms with E-state index in [1.807, 2.05) is 44.2 Å². The Morgan fingerprint density at radius 1 is 1.07 bits per heavy atom. The van der Waals surface area contributed by atoms with E-state index in [1.54, 1.807) is 35.2 Å². The summed E-state index contributed by atoms with van der Waals surface area (Å²) >= 11 is 0. The zero-order valence-electron chi connectivity index (χ0n) is 26.0. The number of aliphatic hydroxyl groups is 1. The van der Waals surface area contributed by atoms with Gasteiger partial charge in [0.2, 0.25) is 0 Å². The molecule has 2 aliphatic heterocycles. The molecular formula is C34H38N8O4. The van der Waals surface area contributed by atoms with E-state index in [-0.39, 0.29) is 41.7 Å². The summed E-state index contributed by atoms with van der Waals surface area (Å²) in [5, 5.41) is 20.0. The number of likely N-dealkylation sites (tertiary alicyclic amines) is 2. The number of ether oxygens (including phenoxy) is 1. The largest absolute Gasteiger partial charge is 0.457 e. The molecule has 2 aliphatic rings. The van der Waals surface area contributed by atoms with Gasteiger partial charge in [0.15, 0.2) is 11.5 Å². The number of piperidine rings is 1. The van der Waals surface area contributed by atoms with Crippen LogP contribution in [0.2, 0.25) is 0 Å². The van der Waals surface area contributed by atoms with Crippen LogP contribution in [0.5, 0.6) is 11.5 Å². The maximum Gasteiger partial charge on any atom is 0.335 e. The van der Waals surface area contributed by atoms with Gasteiger partial charge in [-0.25, -0.2) is 14.8 Å². The number of rotatable bonds is 8. The monoisotopic (exact) mass is 622 g/mol. The molecule has 3 N–H and O–H groups in total. The van der Waals surface area contributed by atoms with E-state index >= 15 is 0 Å². The van der Waals surface area contributed by atoms with Crippen LogP contribution in [-0.2, 0) is 11.3 Å². The average molecular weight is 623 g/mol. The summed E-state index contributed by atoms with van der Waals surface area (Å²) in [4.78, 5) is 40.3. The van der Waals surface area contributed by atoms with Crippen molar-refractivity contribution in [2.75, 3.05) is 25.4 Å². The molecule has 0 spiro atoms. The summed E-state index contributed by atoms with van der Waals surface area (Å²) in [6.45, 7) is 6.00. The second-order valence-corrected chi connectivity index (χ2v) is 12.4. The highest BCUT2D eigenvalue weighted by Crippen LogP contribution is 2.28. The van der Waals surface area contributed by atoms with Crippen LogP contribution in [0.1, 0.15) is 39.5 Å². The summed E-state index contributed by atoms with van der Waals surface area (Å²) in [7, 11) is 0. The minimum absolute atomic E-state index is 0.0715. The molecule has 12 nitrogen and oxygen atoms in total. The summed E-state index contributed by atoms with van der Waals surface area (Å²) in [5.74, 6) is 1.11. The number of imidazole rings is 1. The first kappa shape index (κ1) is 31.0. The second kappa shape index (κ2) is 12.8. The number of benzene rings is 2. The Kier molecular flexibility index (Phi) is 8.62. The molecule has 12 heteroatoms. The van der Waals surface area contributed by atoms with Gasteiger partial charge in [0, 0.05) is 31.7 Å². The van der Waals surface area contributed by atoms with E-state index in [2.05, 4.69) is 20.9 Å². The lowest BCUT2D eigenvalue weighted by molar-refractivity contribution is -0.127. The standard InChI is InChI=1S/C34H38N8O4/c1-34(2,39-17-14-26(43)15-18-39)19-23(20-35)32(44)40-16-6-7-25(40)21-41-31-29(30(36)37-22-38-31)42(33(41)45)24-10-12-28(13-11-24)46-27-8-4-3-5-9-27/h3-5,8-13,19,22,25-26,43H,6-7,14-18,21H2,1-2H3,(H2,36,37,38). The predicted octanol–water partition coefficient (Wildman–Crippen LogP) is 3.63. The number of hydrogen-bond acceptors (Lipinski definition) is 9. The van der Waals surface area contributed by atoms with Crippen LogP contribution >= 0.6 is 0 Å². The van der Waals surface area contributed by atoms with Crippen molar-refractivity contribution >= 4 is 22.9 Å². The number of nitrogen functional groups attached to an aromatic ring is 1. The fraction of sp³-hybridized carbons (Fsp3) is 0.382. The topological polar surface area (TPSA) is 156 Å². The van der Waals surface area contributed by atoms with Gasteiger partial charge in [-0.3, -0.25) is 18.8 Å². The minimum Gasteiger partial charge on any atom is -0.457 e. The molecule has 2 fully saturated rings. The van der Waals surface area contributed by atoms with Gasteiger partial charge in [0.25, 0.3) is 5.91 Å². The molecule has 1 unspecified atom stereocenters. The van der Waals surface area contributed by atoms with Crippen molar-refractivity contribution in [3.05, 3.63) is 83.1 Å². The van der Waals surface area contributed by atoms with E-state index in [4.69, 9.17) is 10.5 Å². The molecule has 4 aromatic rings. The number of carbonyl (C=O) groups is 1. The zero-order valence-corrected chi connectivity index (χ0v) is 26.0. The van der Waals surface area contributed by atoms with E-state index in [9.17, 15) is 20.0 Å². The maximum absolute atomic E-state index is 14.0. The third-order valence-electron chi connectivity index (χ3n) is 8.97.